The van der Waals surface area contributed by atoms with Gasteiger partial charge in [0.15, 0.2) is 0 Å². The molecule has 3 aliphatic carbocycles. The maximum Gasteiger partial charge on any atom is 0.140 e. The predicted octanol–water partition coefficient (Wildman–Crippen LogP) is 4.10. The van der Waals surface area contributed by atoms with E-state index in [1.807, 2.05) is 0 Å². The lowest BCUT2D eigenvalue weighted by molar-refractivity contribution is 0.121. The maximum atomic E-state index is 5.62. The van der Waals surface area contributed by atoms with Gasteiger partial charge < -0.3 is 4.52 Å². The lowest BCUT2D eigenvalue weighted by Gasteiger charge is -2.36. The van der Waals surface area contributed by atoms with Crippen molar-refractivity contribution in [3.05, 3.63) is 17.0 Å². The number of hydrogen-bond donors (Lipinski definition) is 0. The molecule has 116 valence electrons. The van der Waals surface area contributed by atoms with Crippen molar-refractivity contribution in [2.24, 2.45) is 5.92 Å². The molecule has 21 heavy (non-hydrogen) atoms. The zero-order valence-corrected chi connectivity index (χ0v) is 13.3. The highest BCUT2D eigenvalue weighted by Gasteiger charge is 2.36. The van der Waals surface area contributed by atoms with Gasteiger partial charge in [0.25, 0.3) is 0 Å². The van der Waals surface area contributed by atoms with Crippen molar-refractivity contribution >= 4 is 0 Å². The Hall–Kier alpha value is -0.830. The smallest absolute Gasteiger partial charge is 0.140 e. The fourth-order valence-corrected chi connectivity index (χ4v) is 4.28. The van der Waals surface area contributed by atoms with E-state index in [1.165, 1.54) is 74.8 Å². The summed E-state index contributed by atoms with van der Waals surface area (Å²) in [5.74, 6) is 2.12. The first-order valence-corrected chi connectivity index (χ1v) is 9.03. The summed E-state index contributed by atoms with van der Waals surface area (Å²) in [6, 6.07) is 1.63. The lowest BCUT2D eigenvalue weighted by Crippen LogP contribution is -2.39. The summed E-state index contributed by atoms with van der Waals surface area (Å²) in [7, 11) is 0. The summed E-state index contributed by atoms with van der Waals surface area (Å²) < 4.78 is 5.62. The average Bonchev–Trinajstić information content (AvgIpc) is 3.27. The van der Waals surface area contributed by atoms with Crippen LogP contribution in [0.25, 0.3) is 0 Å². The Balaban J connectivity index is 1.49. The summed E-state index contributed by atoms with van der Waals surface area (Å²) in [4.78, 5) is 2.78. The minimum atomic E-state index is 0.796. The van der Waals surface area contributed by atoms with Crippen LogP contribution in [0, 0.1) is 5.92 Å². The molecule has 0 spiro atoms. The second-order valence-electron chi connectivity index (χ2n) is 7.56. The van der Waals surface area contributed by atoms with E-state index in [1.54, 1.807) is 0 Å². The molecule has 0 N–H and O–H groups in total. The zero-order chi connectivity index (χ0) is 14.2. The molecule has 4 rings (SSSR count). The van der Waals surface area contributed by atoms with Crippen molar-refractivity contribution in [3.8, 4) is 0 Å². The molecule has 1 heterocycles. The average molecular weight is 288 g/mol. The van der Waals surface area contributed by atoms with Crippen molar-refractivity contribution in [2.75, 3.05) is 0 Å². The van der Waals surface area contributed by atoms with E-state index in [4.69, 9.17) is 4.52 Å². The van der Waals surface area contributed by atoms with Gasteiger partial charge in [-0.1, -0.05) is 12.1 Å². The van der Waals surface area contributed by atoms with Crippen molar-refractivity contribution in [1.82, 2.24) is 10.1 Å². The number of aryl methyl sites for hydroxylation is 1. The molecule has 1 aromatic rings. The van der Waals surface area contributed by atoms with Gasteiger partial charge >= 0.3 is 0 Å². The Bertz CT molecular complexity index is 483. The second kappa shape index (κ2) is 5.75. The van der Waals surface area contributed by atoms with Gasteiger partial charge in [0.2, 0.25) is 0 Å². The number of nitrogens with zero attached hydrogens (tertiary/aromatic N) is 2. The normalized spacial score (nSPS) is 29.6. The first-order valence-electron chi connectivity index (χ1n) is 9.03. The summed E-state index contributed by atoms with van der Waals surface area (Å²) in [6.45, 7) is 3.45. The Morgan fingerprint density at radius 1 is 1.00 bits per heavy atom. The van der Waals surface area contributed by atoms with Crippen LogP contribution in [-0.4, -0.2) is 22.1 Å². The predicted molar refractivity (Wildman–Crippen MR) is 83.1 cm³/mol. The van der Waals surface area contributed by atoms with Crippen molar-refractivity contribution in [1.29, 1.82) is 0 Å². The second-order valence-corrected chi connectivity index (χ2v) is 7.56. The Morgan fingerprint density at radius 3 is 2.38 bits per heavy atom. The first-order chi connectivity index (χ1) is 10.3. The van der Waals surface area contributed by atoms with E-state index in [0.717, 1.165) is 31.0 Å². The van der Waals surface area contributed by atoms with E-state index in [0.29, 0.717) is 0 Å². The molecule has 1 aromatic heterocycles. The molecule has 3 nitrogen and oxygen atoms in total. The van der Waals surface area contributed by atoms with Crippen LogP contribution < -0.4 is 0 Å². The van der Waals surface area contributed by atoms with Crippen molar-refractivity contribution < 1.29 is 4.52 Å². The molecule has 0 bridgehead atoms. The molecular weight excluding hydrogens is 260 g/mol. The van der Waals surface area contributed by atoms with E-state index in [-0.39, 0.29) is 0 Å². The molecule has 0 aromatic carbocycles. The molecule has 3 aliphatic rings. The molecule has 0 unspecified atom stereocenters. The first kappa shape index (κ1) is 13.8. The summed E-state index contributed by atoms with van der Waals surface area (Å²) in [6.07, 6.45) is 13.3. The third-order valence-corrected chi connectivity index (χ3v) is 5.83. The Labute approximate surface area is 128 Å². The third-order valence-electron chi connectivity index (χ3n) is 5.83. The fourth-order valence-electron chi connectivity index (χ4n) is 4.28. The summed E-state index contributed by atoms with van der Waals surface area (Å²) in [5, 5.41) is 4.44. The van der Waals surface area contributed by atoms with Gasteiger partial charge in [0.05, 0.1) is 0 Å². The quantitative estimate of drug-likeness (QED) is 0.835. The largest absolute Gasteiger partial charge is 0.361 e. The van der Waals surface area contributed by atoms with Gasteiger partial charge in [-0.05, 0) is 63.7 Å². The van der Waals surface area contributed by atoms with Crippen molar-refractivity contribution in [2.45, 2.75) is 89.8 Å². The van der Waals surface area contributed by atoms with Crippen LogP contribution in [0.3, 0.4) is 0 Å². The molecule has 2 saturated carbocycles. The van der Waals surface area contributed by atoms with Crippen LogP contribution in [0.5, 0.6) is 0 Å². The summed E-state index contributed by atoms with van der Waals surface area (Å²) >= 11 is 0. The molecule has 3 heteroatoms. The zero-order valence-electron chi connectivity index (χ0n) is 13.3. The van der Waals surface area contributed by atoms with E-state index in [9.17, 15) is 0 Å². The highest BCUT2D eigenvalue weighted by molar-refractivity contribution is 5.25. The van der Waals surface area contributed by atoms with Gasteiger partial charge in [0, 0.05) is 30.6 Å². The molecule has 0 atom stereocenters. The topological polar surface area (TPSA) is 29.3 Å². The Morgan fingerprint density at radius 2 is 1.67 bits per heavy atom. The Kier molecular flexibility index (Phi) is 3.78. The molecule has 0 amide bonds. The van der Waals surface area contributed by atoms with Crippen LogP contribution >= 0.6 is 0 Å². The van der Waals surface area contributed by atoms with Crippen LogP contribution in [0.1, 0.15) is 75.3 Å². The van der Waals surface area contributed by atoms with Crippen molar-refractivity contribution in [3.63, 3.8) is 0 Å². The van der Waals surface area contributed by atoms with Crippen LogP contribution in [0.2, 0.25) is 0 Å². The number of fused-ring (bicyclic) bond motifs is 1. The number of rotatable bonds is 4. The molecule has 0 aliphatic heterocycles. The minimum absolute atomic E-state index is 0.796. The van der Waals surface area contributed by atoms with Gasteiger partial charge in [0.1, 0.15) is 11.5 Å². The standard InChI is InChI=1S/C18H28N2O/c1-13-6-8-14(9-7-13)20(15-10-11-15)12-17-16-4-2-3-5-18(16)21-19-17/h13-15H,2-12H2,1H3. The lowest BCUT2D eigenvalue weighted by atomic mass is 9.86. The van der Waals surface area contributed by atoms with E-state index in [2.05, 4.69) is 17.0 Å². The highest BCUT2D eigenvalue weighted by atomic mass is 16.5. The molecule has 2 fully saturated rings. The maximum absolute atomic E-state index is 5.62. The molecule has 0 saturated heterocycles. The van der Waals surface area contributed by atoms with Crippen LogP contribution in [-0.2, 0) is 19.4 Å². The van der Waals surface area contributed by atoms with Gasteiger partial charge in [-0.25, -0.2) is 0 Å². The minimum Gasteiger partial charge on any atom is -0.361 e. The summed E-state index contributed by atoms with van der Waals surface area (Å²) in [5.41, 5.74) is 2.71. The third kappa shape index (κ3) is 2.90. The van der Waals surface area contributed by atoms with Crippen LogP contribution in [0.15, 0.2) is 4.52 Å². The molecule has 0 radical (unpaired) electrons. The van der Waals surface area contributed by atoms with Crippen LogP contribution in [0.4, 0.5) is 0 Å². The number of aromatic nitrogens is 1. The van der Waals surface area contributed by atoms with Gasteiger partial charge in [-0.2, -0.15) is 0 Å². The SMILES string of the molecule is CC1CCC(N(Cc2noc3c2CCCC3)C2CC2)CC1. The number of hydrogen-bond acceptors (Lipinski definition) is 3. The van der Waals surface area contributed by atoms with Gasteiger partial charge in [-0.15, -0.1) is 0 Å². The van der Waals surface area contributed by atoms with E-state index >= 15 is 0 Å². The van der Waals surface area contributed by atoms with E-state index < -0.39 is 0 Å². The monoisotopic (exact) mass is 288 g/mol. The van der Waals surface area contributed by atoms with Gasteiger partial charge in [-0.3, -0.25) is 4.90 Å². The highest BCUT2D eigenvalue weighted by Crippen LogP contribution is 2.37. The fraction of sp³-hybridized carbons (Fsp3) is 0.833. The molecular formula is C18H28N2O.